The molecule has 1 amide bonds. The van der Waals surface area contributed by atoms with E-state index in [1.54, 1.807) is 37.3 Å². The van der Waals surface area contributed by atoms with E-state index in [0.29, 0.717) is 33.8 Å². The molecule has 0 radical (unpaired) electrons. The van der Waals surface area contributed by atoms with Crippen molar-refractivity contribution in [1.29, 1.82) is 0 Å². The fourth-order valence-electron chi connectivity index (χ4n) is 3.93. The van der Waals surface area contributed by atoms with Crippen LogP contribution in [0, 0.1) is 13.8 Å². The Morgan fingerprint density at radius 3 is 2.48 bits per heavy atom. The highest BCUT2D eigenvalue weighted by Gasteiger charge is 2.30. The number of anilines is 1. The van der Waals surface area contributed by atoms with E-state index in [-0.39, 0.29) is 28.5 Å². The standard InChI is InChI=1S/C24H21BrN2O5S/c1-13-3-6-16(7-4-13)33(31,32)23-14(2)26-21(17(23)8-10-22(28)29)12-19-18-11-15(25)5-9-20(18)27-24(19)30/h3-7,9,11-12,26H,8,10H2,1-2H3,(H,27,30)(H,28,29)/b19-12-. The molecule has 3 N–H and O–H groups in total. The molecule has 0 aliphatic carbocycles. The van der Waals surface area contributed by atoms with E-state index >= 15 is 0 Å². The number of aliphatic carboxylic acids is 1. The van der Waals surface area contributed by atoms with E-state index in [2.05, 4.69) is 26.2 Å². The first-order chi connectivity index (χ1) is 15.6. The molecule has 0 spiro atoms. The summed E-state index contributed by atoms with van der Waals surface area (Å²) >= 11 is 3.41. The van der Waals surface area contributed by atoms with Gasteiger partial charge >= 0.3 is 5.97 Å². The van der Waals surface area contributed by atoms with Crippen LogP contribution in [0.3, 0.4) is 0 Å². The second-order valence-electron chi connectivity index (χ2n) is 7.88. The van der Waals surface area contributed by atoms with E-state index in [1.807, 2.05) is 13.0 Å². The average molecular weight is 529 g/mol. The lowest BCUT2D eigenvalue weighted by Crippen LogP contribution is -2.08. The van der Waals surface area contributed by atoms with E-state index < -0.39 is 15.8 Å². The molecular weight excluding hydrogens is 508 g/mol. The maximum atomic E-state index is 13.5. The summed E-state index contributed by atoms with van der Waals surface area (Å²) < 4.78 is 27.8. The molecule has 0 saturated carbocycles. The summed E-state index contributed by atoms with van der Waals surface area (Å²) in [5, 5.41) is 12.0. The number of hydrogen-bond acceptors (Lipinski definition) is 4. The summed E-state index contributed by atoms with van der Waals surface area (Å²) in [6.07, 6.45) is 1.33. The number of aromatic amines is 1. The molecule has 1 aliphatic heterocycles. The lowest BCUT2D eigenvalue weighted by atomic mass is 10.0. The fourth-order valence-corrected chi connectivity index (χ4v) is 6.01. The number of benzene rings is 2. The number of carboxylic acids is 1. The third-order valence-corrected chi connectivity index (χ3v) is 7.98. The van der Waals surface area contributed by atoms with Crippen molar-refractivity contribution in [3.8, 4) is 0 Å². The number of rotatable bonds is 6. The zero-order valence-corrected chi connectivity index (χ0v) is 20.3. The van der Waals surface area contributed by atoms with Gasteiger partial charge in [0.2, 0.25) is 9.84 Å². The zero-order chi connectivity index (χ0) is 23.9. The van der Waals surface area contributed by atoms with Gasteiger partial charge in [0.25, 0.3) is 5.91 Å². The molecule has 170 valence electrons. The molecule has 0 unspecified atom stereocenters. The molecule has 9 heteroatoms. The molecule has 2 aromatic carbocycles. The molecule has 3 aromatic rings. The fraction of sp³-hybridized carbons (Fsp3) is 0.167. The van der Waals surface area contributed by atoms with Crippen LogP contribution in [0.5, 0.6) is 0 Å². The first kappa shape index (κ1) is 23.0. The van der Waals surface area contributed by atoms with Gasteiger partial charge in [-0.25, -0.2) is 8.42 Å². The third-order valence-electron chi connectivity index (χ3n) is 5.50. The Hall–Kier alpha value is -3.17. The van der Waals surface area contributed by atoms with Gasteiger partial charge in [0.1, 0.15) is 0 Å². The number of fused-ring (bicyclic) bond motifs is 1. The highest BCUT2D eigenvalue weighted by molar-refractivity contribution is 9.10. The van der Waals surface area contributed by atoms with Crippen molar-refractivity contribution in [3.05, 3.63) is 75.0 Å². The molecule has 0 bridgehead atoms. The van der Waals surface area contributed by atoms with E-state index in [9.17, 15) is 23.1 Å². The number of hydrogen-bond donors (Lipinski definition) is 3. The molecule has 0 saturated heterocycles. The number of sulfone groups is 1. The maximum Gasteiger partial charge on any atom is 0.303 e. The van der Waals surface area contributed by atoms with Gasteiger partial charge in [0.15, 0.2) is 0 Å². The molecule has 2 heterocycles. The Morgan fingerprint density at radius 1 is 1.12 bits per heavy atom. The Balaban J connectivity index is 1.90. The van der Waals surface area contributed by atoms with E-state index in [4.69, 9.17) is 0 Å². The predicted molar refractivity (Wildman–Crippen MR) is 129 cm³/mol. The van der Waals surface area contributed by atoms with Crippen LogP contribution in [0.2, 0.25) is 0 Å². The Bertz CT molecular complexity index is 1420. The summed E-state index contributed by atoms with van der Waals surface area (Å²) in [5.41, 5.74) is 3.75. The minimum Gasteiger partial charge on any atom is -0.481 e. The molecular formula is C24H21BrN2O5S. The molecule has 1 aliphatic rings. The Labute approximate surface area is 199 Å². The lowest BCUT2D eigenvalue weighted by Gasteiger charge is -2.09. The number of carbonyl (C=O) groups excluding carboxylic acids is 1. The van der Waals surface area contributed by atoms with E-state index in [1.165, 1.54) is 12.1 Å². The monoisotopic (exact) mass is 528 g/mol. The largest absolute Gasteiger partial charge is 0.481 e. The van der Waals surface area contributed by atoms with Gasteiger partial charge < -0.3 is 15.4 Å². The topological polar surface area (TPSA) is 116 Å². The Morgan fingerprint density at radius 2 is 1.82 bits per heavy atom. The number of aromatic nitrogens is 1. The normalized spacial score (nSPS) is 14.4. The van der Waals surface area contributed by atoms with Crippen molar-refractivity contribution in [2.75, 3.05) is 5.32 Å². The number of carboxylic acid groups (broad SMARTS) is 1. The van der Waals surface area contributed by atoms with Crippen molar-refractivity contribution < 1.29 is 23.1 Å². The van der Waals surface area contributed by atoms with Crippen molar-refractivity contribution in [3.63, 3.8) is 0 Å². The lowest BCUT2D eigenvalue weighted by molar-refractivity contribution is -0.137. The molecule has 1 aromatic heterocycles. The Kier molecular flexibility index (Phi) is 6.02. The van der Waals surface area contributed by atoms with Crippen molar-refractivity contribution in [2.45, 2.75) is 36.5 Å². The van der Waals surface area contributed by atoms with Crippen LogP contribution >= 0.6 is 15.9 Å². The zero-order valence-electron chi connectivity index (χ0n) is 17.9. The van der Waals surface area contributed by atoms with Gasteiger partial charge in [-0.3, -0.25) is 9.59 Å². The van der Waals surface area contributed by atoms with Crippen molar-refractivity contribution in [2.24, 2.45) is 0 Å². The van der Waals surface area contributed by atoms with Crippen LogP contribution in [0.1, 0.15) is 34.5 Å². The molecule has 33 heavy (non-hydrogen) atoms. The minimum atomic E-state index is -3.92. The number of H-pyrrole nitrogens is 1. The molecule has 7 nitrogen and oxygen atoms in total. The summed E-state index contributed by atoms with van der Waals surface area (Å²) in [7, 11) is -3.92. The van der Waals surface area contributed by atoms with Crippen molar-refractivity contribution >= 4 is 55.0 Å². The van der Waals surface area contributed by atoms with Crippen LogP contribution in [0.25, 0.3) is 11.6 Å². The predicted octanol–water partition coefficient (Wildman–Crippen LogP) is 4.74. The highest BCUT2D eigenvalue weighted by atomic mass is 79.9. The first-order valence-electron chi connectivity index (χ1n) is 10.2. The minimum absolute atomic E-state index is 0.00777. The van der Waals surface area contributed by atoms with Gasteiger partial charge in [-0.1, -0.05) is 33.6 Å². The van der Waals surface area contributed by atoms with E-state index in [0.717, 1.165) is 10.0 Å². The SMILES string of the molecule is Cc1ccc(S(=O)(=O)c2c(C)[nH]c(/C=C3\C(=O)Nc4ccc(Br)cc43)c2CCC(=O)O)cc1. The average Bonchev–Trinajstić information content (AvgIpc) is 3.23. The number of halogens is 1. The van der Waals surface area contributed by atoms with Gasteiger partial charge in [-0.15, -0.1) is 0 Å². The molecule has 0 atom stereocenters. The quantitative estimate of drug-likeness (QED) is 0.399. The van der Waals surface area contributed by atoms with Crippen molar-refractivity contribution in [1.82, 2.24) is 4.98 Å². The number of nitrogens with one attached hydrogen (secondary N) is 2. The molecule has 0 fully saturated rings. The van der Waals surface area contributed by atoms with Gasteiger partial charge in [-0.2, -0.15) is 0 Å². The van der Waals surface area contributed by atoms with Gasteiger partial charge in [0, 0.05) is 33.5 Å². The van der Waals surface area contributed by atoms with Crippen LogP contribution in [0.15, 0.2) is 56.7 Å². The maximum absolute atomic E-state index is 13.5. The third kappa shape index (κ3) is 4.38. The smallest absolute Gasteiger partial charge is 0.303 e. The highest BCUT2D eigenvalue weighted by Crippen LogP contribution is 2.37. The van der Waals surface area contributed by atoms with Gasteiger partial charge in [0.05, 0.1) is 15.4 Å². The van der Waals surface area contributed by atoms with Crippen LogP contribution in [-0.4, -0.2) is 30.4 Å². The second kappa shape index (κ2) is 8.64. The summed E-state index contributed by atoms with van der Waals surface area (Å²) in [5.74, 6) is -1.36. The van der Waals surface area contributed by atoms with Crippen LogP contribution in [-0.2, 0) is 25.8 Å². The number of carbonyl (C=O) groups is 2. The number of amides is 1. The van der Waals surface area contributed by atoms with Crippen LogP contribution in [0.4, 0.5) is 5.69 Å². The first-order valence-corrected chi connectivity index (χ1v) is 12.4. The summed E-state index contributed by atoms with van der Waals surface area (Å²) in [4.78, 5) is 27.2. The van der Waals surface area contributed by atoms with Crippen LogP contribution < -0.4 is 5.32 Å². The second-order valence-corrected chi connectivity index (χ2v) is 10.7. The summed E-state index contributed by atoms with van der Waals surface area (Å²) in [6.45, 7) is 3.50. The molecule has 4 rings (SSSR count). The van der Waals surface area contributed by atoms with Gasteiger partial charge in [-0.05, 0) is 62.2 Å². The number of aryl methyl sites for hydroxylation is 2. The summed E-state index contributed by atoms with van der Waals surface area (Å²) in [6, 6.07) is 11.9.